The van der Waals surface area contributed by atoms with E-state index in [-0.39, 0.29) is 0 Å². The number of carbonyl (C=O) groups is 2. The van der Waals surface area contributed by atoms with E-state index in [0.717, 1.165) is 6.42 Å². The van der Waals surface area contributed by atoms with Crippen LogP contribution in [0.15, 0.2) is 0 Å². The van der Waals surface area contributed by atoms with E-state index in [0.29, 0.717) is 19.4 Å². The topological polar surface area (TPSA) is 109 Å². The van der Waals surface area contributed by atoms with Gasteiger partial charge in [-0.2, -0.15) is 0 Å². The van der Waals surface area contributed by atoms with Crippen LogP contribution in [-0.4, -0.2) is 35.9 Å². The van der Waals surface area contributed by atoms with Crippen LogP contribution in [-0.2, 0) is 14.4 Å². The van der Waals surface area contributed by atoms with Crippen molar-refractivity contribution in [1.82, 2.24) is 5.32 Å². The summed E-state index contributed by atoms with van der Waals surface area (Å²) in [5.74, 6) is -1.90. The van der Waals surface area contributed by atoms with Gasteiger partial charge in [0.1, 0.15) is 6.42 Å². The molecule has 6 nitrogen and oxygen atoms in total. The predicted octanol–water partition coefficient (Wildman–Crippen LogP) is -0.815. The molecule has 15 heavy (non-hydrogen) atoms. The highest BCUT2D eigenvalue weighted by Gasteiger charge is 2.13. The van der Waals surface area contributed by atoms with Gasteiger partial charge in [-0.1, -0.05) is 0 Å². The molecule has 0 heterocycles. The second kappa shape index (κ2) is 7.93. The van der Waals surface area contributed by atoms with Gasteiger partial charge in [-0.25, -0.2) is 0 Å². The minimum Gasteiger partial charge on any atom is -0.481 e. The Labute approximate surface area is 87.8 Å². The fraction of sp³-hybridized carbons (Fsp3) is 0.667. The number of amides is 1. The van der Waals surface area contributed by atoms with E-state index >= 15 is 0 Å². The minimum atomic E-state index is -1.22. The molecule has 0 bridgehead atoms. The lowest BCUT2D eigenvalue weighted by molar-refractivity contribution is -0.140. The zero-order valence-electron chi connectivity index (χ0n) is 8.36. The molecule has 1 atom stereocenters. The standard InChI is InChI=1S/C9H15N2O4/c10-4-2-1-3-7(6-12)11-8(13)5-9(14)15/h7H,1-5,10H2,(H,11,13)(H,14,15)/t7-/m0/s1. The van der Waals surface area contributed by atoms with Gasteiger partial charge in [0.05, 0.1) is 6.04 Å². The Balaban J connectivity index is 3.82. The summed E-state index contributed by atoms with van der Waals surface area (Å²) in [6, 6.07) is -0.733. The van der Waals surface area contributed by atoms with Gasteiger partial charge in [0.25, 0.3) is 0 Å². The van der Waals surface area contributed by atoms with Gasteiger partial charge in [0.2, 0.25) is 12.2 Å². The van der Waals surface area contributed by atoms with Gasteiger partial charge >= 0.3 is 5.97 Å². The molecule has 0 aromatic rings. The van der Waals surface area contributed by atoms with E-state index in [2.05, 4.69) is 5.32 Å². The van der Waals surface area contributed by atoms with Gasteiger partial charge in [0.15, 0.2) is 0 Å². The second-order valence-corrected chi connectivity index (χ2v) is 3.09. The Morgan fingerprint density at radius 2 is 2.07 bits per heavy atom. The minimum absolute atomic E-state index is 0.437. The molecule has 1 amide bonds. The number of nitrogens with two attached hydrogens (primary N) is 1. The van der Waals surface area contributed by atoms with E-state index in [1.54, 1.807) is 6.29 Å². The normalized spacial score (nSPS) is 11.8. The summed E-state index contributed by atoms with van der Waals surface area (Å²) in [4.78, 5) is 31.5. The first-order valence-corrected chi connectivity index (χ1v) is 4.69. The van der Waals surface area contributed by atoms with Crippen molar-refractivity contribution >= 4 is 18.2 Å². The number of rotatable bonds is 8. The Bertz CT molecular complexity index is 230. The fourth-order valence-corrected chi connectivity index (χ4v) is 1.04. The van der Waals surface area contributed by atoms with Crippen LogP contribution in [0.3, 0.4) is 0 Å². The summed E-state index contributed by atoms with van der Waals surface area (Å²) in [6.45, 7) is 0.522. The van der Waals surface area contributed by atoms with Gasteiger partial charge in [-0.05, 0) is 25.8 Å². The van der Waals surface area contributed by atoms with Crippen LogP contribution in [0.4, 0.5) is 0 Å². The lowest BCUT2D eigenvalue weighted by atomic mass is 10.1. The molecule has 0 aliphatic heterocycles. The van der Waals surface area contributed by atoms with Crippen molar-refractivity contribution < 1.29 is 19.5 Å². The van der Waals surface area contributed by atoms with Crippen LogP contribution in [0, 0.1) is 0 Å². The highest BCUT2D eigenvalue weighted by molar-refractivity contribution is 5.94. The lowest BCUT2D eigenvalue weighted by Gasteiger charge is -2.10. The van der Waals surface area contributed by atoms with Crippen LogP contribution >= 0.6 is 0 Å². The second-order valence-electron chi connectivity index (χ2n) is 3.09. The Morgan fingerprint density at radius 1 is 1.40 bits per heavy atom. The molecule has 0 fully saturated rings. The smallest absolute Gasteiger partial charge is 0.312 e. The number of carboxylic acids is 1. The fourth-order valence-electron chi connectivity index (χ4n) is 1.04. The summed E-state index contributed by atoms with van der Waals surface area (Å²) in [5, 5.41) is 10.6. The third-order valence-corrected chi connectivity index (χ3v) is 1.74. The Morgan fingerprint density at radius 3 is 2.53 bits per heavy atom. The van der Waals surface area contributed by atoms with Crippen molar-refractivity contribution in [3.8, 4) is 0 Å². The van der Waals surface area contributed by atoms with Crippen molar-refractivity contribution in [2.75, 3.05) is 6.54 Å². The predicted molar refractivity (Wildman–Crippen MR) is 52.8 cm³/mol. The number of hydrogen-bond donors (Lipinski definition) is 3. The molecule has 0 aromatic heterocycles. The average molecular weight is 215 g/mol. The average Bonchev–Trinajstić information content (AvgIpc) is 2.15. The van der Waals surface area contributed by atoms with Crippen molar-refractivity contribution in [2.45, 2.75) is 31.7 Å². The van der Waals surface area contributed by atoms with E-state index in [1.165, 1.54) is 0 Å². The largest absolute Gasteiger partial charge is 0.481 e. The maximum Gasteiger partial charge on any atom is 0.312 e. The molecule has 1 radical (unpaired) electrons. The first-order chi connectivity index (χ1) is 7.10. The molecule has 6 heteroatoms. The molecule has 0 aliphatic rings. The summed E-state index contributed by atoms with van der Waals surface area (Å²) < 4.78 is 0. The number of carbonyl (C=O) groups excluding carboxylic acids is 2. The molecule has 0 spiro atoms. The third kappa shape index (κ3) is 7.63. The Hall–Kier alpha value is -1.43. The van der Waals surface area contributed by atoms with Crippen molar-refractivity contribution in [3.05, 3.63) is 0 Å². The van der Waals surface area contributed by atoms with Crippen LogP contribution < -0.4 is 11.1 Å². The molecule has 0 unspecified atom stereocenters. The monoisotopic (exact) mass is 215 g/mol. The molecule has 0 saturated heterocycles. The first-order valence-electron chi connectivity index (χ1n) is 4.69. The first kappa shape index (κ1) is 13.6. The SMILES string of the molecule is NCCCC[C@@H]([C]=O)NC(=O)CC(=O)O. The maximum atomic E-state index is 11.0. The maximum absolute atomic E-state index is 11.0. The number of nitrogens with one attached hydrogen (secondary N) is 1. The van der Waals surface area contributed by atoms with Crippen LogP contribution in [0.2, 0.25) is 0 Å². The number of carboxylic acid groups (broad SMARTS) is 1. The van der Waals surface area contributed by atoms with Crippen molar-refractivity contribution in [3.63, 3.8) is 0 Å². The number of aliphatic carboxylic acids is 1. The number of unbranched alkanes of at least 4 members (excludes halogenated alkanes) is 1. The van der Waals surface area contributed by atoms with E-state index in [9.17, 15) is 14.4 Å². The molecule has 0 aliphatic carbocycles. The summed E-state index contributed by atoms with van der Waals surface area (Å²) in [6.07, 6.45) is 2.91. The van der Waals surface area contributed by atoms with Crippen LogP contribution in [0.25, 0.3) is 0 Å². The molecular weight excluding hydrogens is 200 g/mol. The molecule has 4 N–H and O–H groups in total. The highest BCUT2D eigenvalue weighted by Crippen LogP contribution is 1.98. The van der Waals surface area contributed by atoms with E-state index < -0.39 is 24.3 Å². The van der Waals surface area contributed by atoms with Crippen LogP contribution in [0.5, 0.6) is 0 Å². The van der Waals surface area contributed by atoms with Crippen molar-refractivity contribution in [1.29, 1.82) is 0 Å². The molecule has 0 rings (SSSR count). The molecule has 0 aromatic carbocycles. The zero-order valence-corrected chi connectivity index (χ0v) is 8.36. The van der Waals surface area contributed by atoms with Gasteiger partial charge in [-0.15, -0.1) is 0 Å². The van der Waals surface area contributed by atoms with Gasteiger partial charge in [0, 0.05) is 0 Å². The van der Waals surface area contributed by atoms with Crippen molar-refractivity contribution in [2.24, 2.45) is 5.73 Å². The Kier molecular flexibility index (Phi) is 7.17. The zero-order chi connectivity index (χ0) is 11.7. The third-order valence-electron chi connectivity index (χ3n) is 1.74. The molecule has 85 valence electrons. The van der Waals surface area contributed by atoms with Crippen LogP contribution in [0.1, 0.15) is 25.7 Å². The molecular formula is C9H15N2O4. The lowest BCUT2D eigenvalue weighted by Crippen LogP contribution is -2.37. The van der Waals surface area contributed by atoms with E-state index in [4.69, 9.17) is 10.8 Å². The molecule has 0 saturated carbocycles. The van der Waals surface area contributed by atoms with E-state index in [1.807, 2.05) is 0 Å². The summed E-state index contributed by atoms with van der Waals surface area (Å²) >= 11 is 0. The summed E-state index contributed by atoms with van der Waals surface area (Å²) in [5.41, 5.74) is 5.26. The van der Waals surface area contributed by atoms with Gasteiger partial charge in [-0.3, -0.25) is 14.4 Å². The quantitative estimate of drug-likeness (QED) is 0.362. The summed E-state index contributed by atoms with van der Waals surface area (Å²) in [7, 11) is 0. The number of hydrogen-bond acceptors (Lipinski definition) is 4. The van der Waals surface area contributed by atoms with Gasteiger partial charge < -0.3 is 16.2 Å². The highest BCUT2D eigenvalue weighted by atomic mass is 16.4.